The van der Waals surface area contributed by atoms with E-state index in [-0.39, 0.29) is 24.4 Å². The second-order valence-electron chi connectivity index (χ2n) is 8.53. The van der Waals surface area contributed by atoms with Crippen LogP contribution in [0.25, 0.3) is 10.9 Å². The van der Waals surface area contributed by atoms with Crippen LogP contribution in [-0.2, 0) is 31.9 Å². The van der Waals surface area contributed by atoms with E-state index in [1.54, 1.807) is 4.90 Å². The number of carbonyl (C=O) groups is 3. The van der Waals surface area contributed by atoms with Crippen LogP contribution in [0.5, 0.6) is 0 Å². The van der Waals surface area contributed by atoms with Crippen LogP contribution >= 0.6 is 0 Å². The summed E-state index contributed by atoms with van der Waals surface area (Å²) in [5.74, 6) is -0.644. The molecule has 0 saturated carbocycles. The summed E-state index contributed by atoms with van der Waals surface area (Å²) in [4.78, 5) is 43.8. The molecule has 1 fully saturated rings. The Morgan fingerprint density at radius 2 is 1.87 bits per heavy atom. The molecule has 31 heavy (non-hydrogen) atoms. The van der Waals surface area contributed by atoms with Gasteiger partial charge >= 0.3 is 11.9 Å². The highest BCUT2D eigenvalue weighted by atomic mass is 16.5. The largest absolute Gasteiger partial charge is 0.469 e. The molecule has 1 atom stereocenters. The molecule has 1 saturated heterocycles. The van der Waals surface area contributed by atoms with Crippen molar-refractivity contribution in [1.29, 1.82) is 0 Å². The fourth-order valence-corrected chi connectivity index (χ4v) is 4.62. The fourth-order valence-electron chi connectivity index (χ4n) is 4.62. The summed E-state index contributed by atoms with van der Waals surface area (Å²) in [7, 11) is 1.38. The van der Waals surface area contributed by atoms with Crippen LogP contribution in [0.4, 0.5) is 0 Å². The molecule has 7 heteroatoms. The molecule has 1 amide bonds. The van der Waals surface area contributed by atoms with E-state index in [1.807, 2.05) is 24.3 Å². The predicted molar refractivity (Wildman–Crippen MR) is 115 cm³/mol. The van der Waals surface area contributed by atoms with Crippen LogP contribution in [0, 0.1) is 11.8 Å². The van der Waals surface area contributed by atoms with E-state index in [9.17, 15) is 14.4 Å². The number of benzene rings is 1. The highest BCUT2D eigenvalue weighted by Crippen LogP contribution is 2.32. The first-order valence-corrected chi connectivity index (χ1v) is 10.9. The number of nitrogens with zero attached hydrogens (tertiary/aromatic N) is 2. The maximum absolute atomic E-state index is 13.1. The zero-order valence-corrected chi connectivity index (χ0v) is 18.1. The number of para-hydroxylation sites is 1. The van der Waals surface area contributed by atoms with Gasteiger partial charge in [-0.25, -0.2) is 4.79 Å². The van der Waals surface area contributed by atoms with Crippen molar-refractivity contribution < 1.29 is 23.9 Å². The van der Waals surface area contributed by atoms with Gasteiger partial charge in [0.15, 0.2) is 6.61 Å². The van der Waals surface area contributed by atoms with E-state index in [1.165, 1.54) is 7.11 Å². The first-order chi connectivity index (χ1) is 15.0. The number of amides is 1. The monoisotopic (exact) mass is 424 g/mol. The third-order valence-corrected chi connectivity index (χ3v) is 6.42. The Morgan fingerprint density at radius 3 is 2.61 bits per heavy atom. The average Bonchev–Trinajstić information content (AvgIpc) is 2.80. The van der Waals surface area contributed by atoms with Crippen molar-refractivity contribution in [2.45, 2.75) is 39.0 Å². The molecule has 1 aliphatic heterocycles. The summed E-state index contributed by atoms with van der Waals surface area (Å²) >= 11 is 0. The maximum Gasteiger partial charge on any atom is 0.339 e. The molecule has 0 bridgehead atoms. The minimum Gasteiger partial charge on any atom is -0.469 e. The van der Waals surface area contributed by atoms with E-state index in [4.69, 9.17) is 14.5 Å². The zero-order chi connectivity index (χ0) is 22.0. The summed E-state index contributed by atoms with van der Waals surface area (Å²) in [5, 5.41) is 0.770. The number of ether oxygens (including phenoxy) is 2. The smallest absolute Gasteiger partial charge is 0.339 e. The highest BCUT2D eigenvalue weighted by Gasteiger charge is 2.30. The molecule has 0 spiro atoms. The maximum atomic E-state index is 13.1. The molecule has 4 rings (SSSR count). The fraction of sp³-hybridized carbons (Fsp3) is 0.500. The van der Waals surface area contributed by atoms with Crippen LogP contribution < -0.4 is 0 Å². The molecule has 0 N–H and O–H groups in total. The van der Waals surface area contributed by atoms with E-state index in [2.05, 4.69) is 6.92 Å². The number of aryl methyl sites for hydroxylation is 1. The molecule has 2 aromatic rings. The zero-order valence-electron chi connectivity index (χ0n) is 18.1. The number of hydrogen-bond acceptors (Lipinski definition) is 6. The topological polar surface area (TPSA) is 85.8 Å². The van der Waals surface area contributed by atoms with Gasteiger partial charge in [-0.05, 0) is 49.7 Å². The third-order valence-electron chi connectivity index (χ3n) is 6.42. The lowest BCUT2D eigenvalue weighted by Crippen LogP contribution is -2.42. The van der Waals surface area contributed by atoms with Crippen molar-refractivity contribution in [2.24, 2.45) is 11.8 Å². The molecular weight excluding hydrogens is 396 g/mol. The number of rotatable bonds is 4. The van der Waals surface area contributed by atoms with Gasteiger partial charge in [0.05, 0.1) is 24.1 Å². The Morgan fingerprint density at radius 1 is 1.13 bits per heavy atom. The standard InChI is InChI=1S/C24H28N2O5/c1-15-7-8-20-18(13-15)22(17-5-3-4-6-19(17)25-20)24(29)31-14-21(27)26-11-9-16(10-12-26)23(28)30-2/h3-6,15-16H,7-14H2,1-2H3/t15-/m0/s1. The van der Waals surface area contributed by atoms with Gasteiger partial charge in [-0.15, -0.1) is 0 Å². The van der Waals surface area contributed by atoms with Gasteiger partial charge in [0, 0.05) is 24.2 Å². The number of piperidine rings is 1. The summed E-state index contributed by atoms with van der Waals surface area (Å²) in [5.41, 5.74) is 3.23. The Bertz CT molecular complexity index is 1010. The van der Waals surface area contributed by atoms with Crippen molar-refractivity contribution in [3.8, 4) is 0 Å². The van der Waals surface area contributed by atoms with Gasteiger partial charge in [-0.1, -0.05) is 25.1 Å². The molecule has 1 aromatic carbocycles. The van der Waals surface area contributed by atoms with Crippen molar-refractivity contribution in [3.05, 3.63) is 41.1 Å². The Kier molecular flexibility index (Phi) is 6.20. The van der Waals surface area contributed by atoms with Crippen LogP contribution in [0.1, 0.15) is 47.8 Å². The van der Waals surface area contributed by atoms with Gasteiger partial charge in [0.1, 0.15) is 0 Å². The van der Waals surface area contributed by atoms with Crippen LogP contribution in [0.15, 0.2) is 24.3 Å². The quantitative estimate of drug-likeness (QED) is 0.702. The molecule has 0 radical (unpaired) electrons. The summed E-state index contributed by atoms with van der Waals surface area (Å²) in [6.45, 7) is 2.79. The van der Waals surface area contributed by atoms with E-state index < -0.39 is 5.97 Å². The van der Waals surface area contributed by atoms with Gasteiger partial charge in [0.2, 0.25) is 0 Å². The minimum absolute atomic E-state index is 0.173. The Balaban J connectivity index is 1.47. The molecule has 1 aliphatic carbocycles. The normalized spacial score (nSPS) is 19.0. The second kappa shape index (κ2) is 9.04. The molecule has 2 heterocycles. The number of carbonyl (C=O) groups excluding carboxylic acids is 3. The first-order valence-electron chi connectivity index (χ1n) is 10.9. The van der Waals surface area contributed by atoms with Gasteiger partial charge in [-0.3, -0.25) is 14.6 Å². The number of fused-ring (bicyclic) bond motifs is 2. The lowest BCUT2D eigenvalue weighted by molar-refractivity contribution is -0.149. The van der Waals surface area contributed by atoms with Crippen molar-refractivity contribution in [2.75, 3.05) is 26.8 Å². The van der Waals surface area contributed by atoms with Crippen LogP contribution in [0.2, 0.25) is 0 Å². The number of esters is 2. The number of methoxy groups -OCH3 is 1. The van der Waals surface area contributed by atoms with Crippen molar-refractivity contribution in [3.63, 3.8) is 0 Å². The number of hydrogen-bond donors (Lipinski definition) is 0. The number of likely N-dealkylation sites (tertiary alicyclic amines) is 1. The molecule has 0 unspecified atom stereocenters. The molecular formula is C24H28N2O5. The lowest BCUT2D eigenvalue weighted by Gasteiger charge is -2.30. The summed E-state index contributed by atoms with van der Waals surface area (Å²) in [6, 6.07) is 7.58. The molecule has 7 nitrogen and oxygen atoms in total. The Labute approximate surface area is 181 Å². The average molecular weight is 424 g/mol. The van der Waals surface area contributed by atoms with Crippen molar-refractivity contribution in [1.82, 2.24) is 9.88 Å². The number of pyridine rings is 1. The van der Waals surface area contributed by atoms with Crippen LogP contribution in [-0.4, -0.2) is 54.5 Å². The van der Waals surface area contributed by atoms with E-state index in [0.717, 1.165) is 41.4 Å². The van der Waals surface area contributed by atoms with E-state index >= 15 is 0 Å². The highest BCUT2D eigenvalue weighted by molar-refractivity contribution is 6.05. The lowest BCUT2D eigenvalue weighted by atomic mass is 9.84. The second-order valence-corrected chi connectivity index (χ2v) is 8.53. The summed E-state index contributed by atoms with van der Waals surface area (Å²) in [6.07, 6.45) is 3.80. The number of aromatic nitrogens is 1. The van der Waals surface area contributed by atoms with Gasteiger partial charge in [0.25, 0.3) is 5.91 Å². The predicted octanol–water partition coefficient (Wildman–Crippen LogP) is 2.93. The Hall–Kier alpha value is -2.96. The third kappa shape index (κ3) is 4.40. The summed E-state index contributed by atoms with van der Waals surface area (Å²) < 4.78 is 10.3. The molecule has 164 valence electrons. The van der Waals surface area contributed by atoms with Gasteiger partial charge in [-0.2, -0.15) is 0 Å². The van der Waals surface area contributed by atoms with E-state index in [0.29, 0.717) is 37.4 Å². The molecule has 1 aromatic heterocycles. The van der Waals surface area contributed by atoms with Crippen molar-refractivity contribution >= 4 is 28.7 Å². The van der Waals surface area contributed by atoms with Crippen LogP contribution in [0.3, 0.4) is 0 Å². The molecule has 2 aliphatic rings. The SMILES string of the molecule is COC(=O)C1CCN(C(=O)COC(=O)c2c3c(nc4ccccc24)CC[C@H](C)C3)CC1. The minimum atomic E-state index is -0.471. The van der Waals surface area contributed by atoms with Gasteiger partial charge < -0.3 is 14.4 Å². The first kappa shape index (κ1) is 21.3.